The van der Waals surface area contributed by atoms with E-state index >= 15 is 0 Å². The minimum Gasteiger partial charge on any atom is -0.356 e. The highest BCUT2D eigenvalue weighted by molar-refractivity contribution is 7.13. The monoisotopic (exact) mass is 385 g/mol. The predicted octanol–water partition coefficient (Wildman–Crippen LogP) is 1.63. The van der Waals surface area contributed by atoms with Crippen LogP contribution in [0.15, 0.2) is 29.9 Å². The molecule has 2 aliphatic rings. The van der Waals surface area contributed by atoms with Crippen molar-refractivity contribution in [2.75, 3.05) is 33.2 Å². The van der Waals surface area contributed by atoms with Gasteiger partial charge in [-0.3, -0.25) is 14.5 Å². The fourth-order valence-electron chi connectivity index (χ4n) is 3.92. The second kappa shape index (κ2) is 7.36. The smallest absolute Gasteiger partial charge is 0.257 e. The van der Waals surface area contributed by atoms with Gasteiger partial charge in [-0.2, -0.15) is 0 Å². The number of nitrogens with one attached hydrogen (secondary N) is 1. The van der Waals surface area contributed by atoms with E-state index in [9.17, 15) is 9.59 Å². The van der Waals surface area contributed by atoms with E-state index in [1.54, 1.807) is 23.7 Å². The molecule has 2 aliphatic heterocycles. The van der Waals surface area contributed by atoms with Gasteiger partial charge in [-0.05, 0) is 31.3 Å². The molecule has 1 N–H and O–H groups in total. The molecular weight excluding hydrogens is 362 g/mol. The van der Waals surface area contributed by atoms with Crippen molar-refractivity contribution < 1.29 is 9.59 Å². The van der Waals surface area contributed by atoms with Gasteiger partial charge in [0.1, 0.15) is 0 Å². The van der Waals surface area contributed by atoms with Gasteiger partial charge in [0.25, 0.3) is 5.91 Å². The molecule has 142 valence electrons. The normalized spacial score (nSPS) is 23.9. The van der Waals surface area contributed by atoms with Crippen LogP contribution in [0.2, 0.25) is 0 Å². The molecule has 0 radical (unpaired) electrons. The van der Waals surface area contributed by atoms with E-state index in [1.807, 2.05) is 22.4 Å². The van der Waals surface area contributed by atoms with Gasteiger partial charge in [0.2, 0.25) is 5.91 Å². The standard InChI is InChI=1S/C19H23N5O2S/c1-23-8-9-24(13-19(23)5-4-16(25)20-7-6-19)18(26)14-11-21-17(22-12-14)15-3-2-10-27-15/h2-3,10-12H,4-9,13H2,1H3,(H,20,25)/t19-/m1/s1. The van der Waals surface area contributed by atoms with Crippen LogP contribution >= 0.6 is 11.3 Å². The summed E-state index contributed by atoms with van der Waals surface area (Å²) in [5.74, 6) is 0.704. The van der Waals surface area contributed by atoms with Crippen LogP contribution in [0.25, 0.3) is 10.7 Å². The Morgan fingerprint density at radius 3 is 2.81 bits per heavy atom. The van der Waals surface area contributed by atoms with E-state index < -0.39 is 0 Å². The number of piperazine rings is 1. The molecule has 2 saturated heterocycles. The number of nitrogens with zero attached hydrogens (tertiary/aromatic N) is 4. The molecule has 0 saturated carbocycles. The van der Waals surface area contributed by atoms with Crippen LogP contribution in [-0.4, -0.2) is 70.3 Å². The van der Waals surface area contributed by atoms with E-state index in [4.69, 9.17) is 0 Å². The third-order valence-corrected chi connectivity index (χ3v) is 6.52. The summed E-state index contributed by atoms with van der Waals surface area (Å²) in [4.78, 5) is 38.7. The van der Waals surface area contributed by atoms with Crippen LogP contribution in [0, 0.1) is 0 Å². The Bertz CT molecular complexity index is 823. The maximum absolute atomic E-state index is 13.0. The first kappa shape index (κ1) is 18.1. The largest absolute Gasteiger partial charge is 0.356 e. The lowest BCUT2D eigenvalue weighted by atomic mass is 9.86. The zero-order valence-electron chi connectivity index (χ0n) is 15.4. The molecule has 1 atom stereocenters. The summed E-state index contributed by atoms with van der Waals surface area (Å²) < 4.78 is 0. The van der Waals surface area contributed by atoms with Gasteiger partial charge in [0, 0.05) is 50.5 Å². The minimum atomic E-state index is -0.148. The molecule has 0 aromatic carbocycles. The molecule has 2 fully saturated rings. The van der Waals surface area contributed by atoms with Crippen molar-refractivity contribution in [3.8, 4) is 10.7 Å². The minimum absolute atomic E-state index is 0.0382. The molecular formula is C19H23N5O2S. The summed E-state index contributed by atoms with van der Waals surface area (Å²) in [6.45, 7) is 2.76. The zero-order valence-corrected chi connectivity index (χ0v) is 16.2. The third kappa shape index (κ3) is 3.59. The molecule has 8 heteroatoms. The first-order valence-corrected chi connectivity index (χ1v) is 10.1. The van der Waals surface area contributed by atoms with Crippen molar-refractivity contribution in [1.82, 2.24) is 25.1 Å². The lowest BCUT2D eigenvalue weighted by molar-refractivity contribution is -0.121. The quantitative estimate of drug-likeness (QED) is 0.850. The first-order chi connectivity index (χ1) is 13.1. The van der Waals surface area contributed by atoms with E-state index in [1.165, 1.54) is 0 Å². The second-order valence-corrected chi connectivity index (χ2v) is 8.19. The Hall–Kier alpha value is -2.32. The zero-order chi connectivity index (χ0) is 18.9. The van der Waals surface area contributed by atoms with Gasteiger partial charge in [-0.1, -0.05) is 6.07 Å². The van der Waals surface area contributed by atoms with Crippen LogP contribution in [-0.2, 0) is 4.79 Å². The predicted molar refractivity (Wildman–Crippen MR) is 103 cm³/mol. The molecule has 7 nitrogen and oxygen atoms in total. The number of thiophene rings is 1. The van der Waals surface area contributed by atoms with E-state index in [2.05, 4.69) is 27.2 Å². The number of amides is 2. The van der Waals surface area contributed by atoms with E-state index in [-0.39, 0.29) is 17.4 Å². The van der Waals surface area contributed by atoms with Crippen LogP contribution in [0.3, 0.4) is 0 Å². The SMILES string of the molecule is CN1CCN(C(=O)c2cnc(-c3cccs3)nc2)C[C@@]12CCNC(=O)CC2. The Morgan fingerprint density at radius 1 is 1.26 bits per heavy atom. The van der Waals surface area contributed by atoms with E-state index in [0.29, 0.717) is 37.4 Å². The first-order valence-electron chi connectivity index (χ1n) is 9.21. The Balaban J connectivity index is 1.51. The van der Waals surface area contributed by atoms with Crippen molar-refractivity contribution in [2.24, 2.45) is 0 Å². The van der Waals surface area contributed by atoms with Crippen LogP contribution < -0.4 is 5.32 Å². The number of hydrogen-bond donors (Lipinski definition) is 1. The Kier molecular flexibility index (Phi) is 4.92. The molecule has 2 aromatic heterocycles. The van der Waals surface area contributed by atoms with Crippen LogP contribution in [0.1, 0.15) is 29.6 Å². The number of hydrogen-bond acceptors (Lipinski definition) is 6. The molecule has 27 heavy (non-hydrogen) atoms. The Morgan fingerprint density at radius 2 is 2.07 bits per heavy atom. The summed E-state index contributed by atoms with van der Waals surface area (Å²) in [5, 5.41) is 4.92. The number of likely N-dealkylation sites (N-methyl/N-ethyl adjacent to an activating group) is 1. The van der Waals surface area contributed by atoms with Gasteiger partial charge in [0.05, 0.1) is 10.4 Å². The van der Waals surface area contributed by atoms with Crippen molar-refractivity contribution in [3.63, 3.8) is 0 Å². The fourth-order valence-corrected chi connectivity index (χ4v) is 4.60. The van der Waals surface area contributed by atoms with Crippen molar-refractivity contribution >= 4 is 23.2 Å². The van der Waals surface area contributed by atoms with Gasteiger partial charge in [-0.25, -0.2) is 9.97 Å². The molecule has 1 spiro atoms. The van der Waals surface area contributed by atoms with Gasteiger partial charge < -0.3 is 10.2 Å². The molecule has 2 amide bonds. The number of rotatable bonds is 2. The maximum Gasteiger partial charge on any atom is 0.257 e. The lowest BCUT2D eigenvalue weighted by Gasteiger charge is -2.49. The molecule has 0 unspecified atom stereocenters. The number of carbonyl (C=O) groups is 2. The highest BCUT2D eigenvalue weighted by Crippen LogP contribution is 2.31. The van der Waals surface area contributed by atoms with Crippen LogP contribution in [0.5, 0.6) is 0 Å². The molecule has 4 heterocycles. The second-order valence-electron chi connectivity index (χ2n) is 7.25. The maximum atomic E-state index is 13.0. The van der Waals surface area contributed by atoms with Crippen molar-refractivity contribution in [1.29, 1.82) is 0 Å². The molecule has 2 aromatic rings. The average Bonchev–Trinajstić information content (AvgIpc) is 3.16. The van der Waals surface area contributed by atoms with Crippen molar-refractivity contribution in [3.05, 3.63) is 35.5 Å². The molecule has 0 aliphatic carbocycles. The number of carbonyl (C=O) groups excluding carboxylic acids is 2. The fraction of sp³-hybridized carbons (Fsp3) is 0.474. The average molecular weight is 385 g/mol. The van der Waals surface area contributed by atoms with E-state index in [0.717, 1.165) is 24.3 Å². The van der Waals surface area contributed by atoms with Crippen molar-refractivity contribution in [2.45, 2.75) is 24.8 Å². The summed E-state index contributed by atoms with van der Waals surface area (Å²) >= 11 is 1.58. The highest BCUT2D eigenvalue weighted by Gasteiger charge is 2.42. The summed E-state index contributed by atoms with van der Waals surface area (Å²) in [7, 11) is 2.09. The summed E-state index contributed by atoms with van der Waals surface area (Å²) in [5.41, 5.74) is 0.364. The van der Waals surface area contributed by atoms with Crippen LogP contribution in [0.4, 0.5) is 0 Å². The molecule has 4 rings (SSSR count). The highest BCUT2D eigenvalue weighted by atomic mass is 32.1. The number of aromatic nitrogens is 2. The summed E-state index contributed by atoms with van der Waals surface area (Å²) in [6, 6.07) is 3.92. The van der Waals surface area contributed by atoms with Gasteiger partial charge >= 0.3 is 0 Å². The van der Waals surface area contributed by atoms with Gasteiger partial charge in [0.15, 0.2) is 5.82 Å². The van der Waals surface area contributed by atoms with Gasteiger partial charge in [-0.15, -0.1) is 11.3 Å². The Labute approximate surface area is 162 Å². The topological polar surface area (TPSA) is 78.4 Å². The molecule has 0 bridgehead atoms. The summed E-state index contributed by atoms with van der Waals surface area (Å²) in [6.07, 6.45) is 5.37. The third-order valence-electron chi connectivity index (χ3n) is 5.66. The lowest BCUT2D eigenvalue weighted by Crippen LogP contribution is -2.62.